The van der Waals surface area contributed by atoms with Gasteiger partial charge in [-0.05, 0) is 44.0 Å². The number of hydrogen-bond acceptors (Lipinski definition) is 4. The Morgan fingerprint density at radius 3 is 2.40 bits per heavy atom. The van der Waals surface area contributed by atoms with Gasteiger partial charge in [-0.3, -0.25) is 4.79 Å². The highest BCUT2D eigenvalue weighted by molar-refractivity contribution is 5.72. The monoisotopic (exact) mass is 342 g/mol. The van der Waals surface area contributed by atoms with E-state index >= 15 is 0 Å². The maximum atomic E-state index is 11.7. The Bertz CT molecular complexity index is 722. The summed E-state index contributed by atoms with van der Waals surface area (Å²) in [5.74, 6) is 1.73. The van der Waals surface area contributed by atoms with Crippen molar-refractivity contribution < 1.29 is 19.0 Å². The van der Waals surface area contributed by atoms with Crippen LogP contribution in [0.3, 0.4) is 0 Å². The Labute approximate surface area is 149 Å². The molecule has 0 aromatic heterocycles. The van der Waals surface area contributed by atoms with Crippen LogP contribution < -0.4 is 14.2 Å². The average molecular weight is 342 g/mol. The summed E-state index contributed by atoms with van der Waals surface area (Å²) in [7, 11) is 0. The zero-order chi connectivity index (χ0) is 18.2. The first kappa shape index (κ1) is 18.8. The second kappa shape index (κ2) is 9.11. The molecule has 0 unspecified atom stereocenters. The lowest BCUT2D eigenvalue weighted by Gasteiger charge is -2.17. The number of carbonyl (C=O) groups excluding carboxylic acids is 1. The quantitative estimate of drug-likeness (QED) is 0.508. The summed E-state index contributed by atoms with van der Waals surface area (Å²) >= 11 is 0. The normalized spacial score (nSPS) is 10.4. The van der Waals surface area contributed by atoms with Crippen LogP contribution in [-0.2, 0) is 17.8 Å². The van der Waals surface area contributed by atoms with E-state index < -0.39 is 0 Å². The minimum Gasteiger partial charge on any atom is -0.493 e. The van der Waals surface area contributed by atoms with Gasteiger partial charge in [0.25, 0.3) is 0 Å². The smallest absolute Gasteiger partial charge is 0.310 e. The minimum atomic E-state index is -0.278. The molecule has 2 aromatic carbocycles. The van der Waals surface area contributed by atoms with Crippen molar-refractivity contribution in [2.45, 2.75) is 47.1 Å². The summed E-state index contributed by atoms with van der Waals surface area (Å²) in [6.07, 6.45) is 1.21. The third-order valence-electron chi connectivity index (χ3n) is 3.87. The predicted molar refractivity (Wildman–Crippen MR) is 98.4 cm³/mol. The summed E-state index contributed by atoms with van der Waals surface area (Å²) in [4.78, 5) is 11.7. The molecule has 0 aliphatic carbocycles. The second-order valence-electron chi connectivity index (χ2n) is 5.75. The van der Waals surface area contributed by atoms with Gasteiger partial charge in [-0.25, -0.2) is 0 Å². The molecule has 0 saturated heterocycles. The molecule has 0 atom stereocenters. The van der Waals surface area contributed by atoms with E-state index in [1.807, 2.05) is 31.2 Å². The molecule has 0 fully saturated rings. The summed E-state index contributed by atoms with van der Waals surface area (Å²) in [6, 6.07) is 11.6. The molecule has 4 nitrogen and oxygen atoms in total. The fourth-order valence-corrected chi connectivity index (χ4v) is 2.54. The van der Waals surface area contributed by atoms with Crippen molar-refractivity contribution in [3.63, 3.8) is 0 Å². The largest absolute Gasteiger partial charge is 0.493 e. The summed E-state index contributed by atoms with van der Waals surface area (Å²) in [6.45, 7) is 8.66. The van der Waals surface area contributed by atoms with Crippen molar-refractivity contribution in [1.82, 2.24) is 0 Å². The van der Waals surface area contributed by atoms with Gasteiger partial charge < -0.3 is 14.2 Å². The van der Waals surface area contributed by atoms with Crippen molar-refractivity contribution in [3.8, 4) is 17.2 Å². The highest BCUT2D eigenvalue weighted by atomic mass is 16.5. The first-order chi connectivity index (χ1) is 12.1. The summed E-state index contributed by atoms with van der Waals surface area (Å²) < 4.78 is 17.2. The molecule has 0 N–H and O–H groups in total. The van der Waals surface area contributed by atoms with E-state index in [1.54, 1.807) is 13.0 Å². The molecule has 2 rings (SSSR count). The van der Waals surface area contributed by atoms with Crippen LogP contribution in [-0.4, -0.2) is 12.6 Å². The highest BCUT2D eigenvalue weighted by Gasteiger charge is 2.15. The van der Waals surface area contributed by atoms with Crippen molar-refractivity contribution in [3.05, 3.63) is 53.1 Å². The van der Waals surface area contributed by atoms with Crippen molar-refractivity contribution >= 4 is 5.97 Å². The van der Waals surface area contributed by atoms with Crippen LogP contribution in [0, 0.1) is 6.92 Å². The molecule has 0 aliphatic heterocycles. The lowest BCUT2D eigenvalue weighted by atomic mass is 10.1. The molecule has 25 heavy (non-hydrogen) atoms. The van der Waals surface area contributed by atoms with Crippen LogP contribution in [0.15, 0.2) is 36.4 Å². The first-order valence-corrected chi connectivity index (χ1v) is 8.76. The van der Waals surface area contributed by atoms with Gasteiger partial charge in [0.05, 0.1) is 12.2 Å². The molecular formula is C21H26O4. The van der Waals surface area contributed by atoms with Crippen LogP contribution in [0.5, 0.6) is 17.2 Å². The second-order valence-corrected chi connectivity index (χ2v) is 5.75. The maximum absolute atomic E-state index is 11.7. The number of aryl methyl sites for hydroxylation is 2. The fourth-order valence-electron chi connectivity index (χ4n) is 2.54. The molecule has 4 heteroatoms. The van der Waals surface area contributed by atoms with Crippen molar-refractivity contribution in [2.75, 3.05) is 6.61 Å². The van der Waals surface area contributed by atoms with Gasteiger partial charge in [0.2, 0.25) is 0 Å². The molecule has 0 amide bonds. The van der Waals surface area contributed by atoms with Gasteiger partial charge in [-0.1, -0.05) is 37.6 Å². The Morgan fingerprint density at radius 2 is 1.72 bits per heavy atom. The van der Waals surface area contributed by atoms with Gasteiger partial charge >= 0.3 is 5.97 Å². The van der Waals surface area contributed by atoms with Gasteiger partial charge in [-0.15, -0.1) is 0 Å². The number of ether oxygens (including phenoxy) is 3. The van der Waals surface area contributed by atoms with Crippen LogP contribution in [0.1, 0.15) is 43.9 Å². The number of benzene rings is 2. The Balaban J connectivity index is 2.28. The molecule has 134 valence electrons. The van der Waals surface area contributed by atoms with Crippen LogP contribution >= 0.6 is 0 Å². The van der Waals surface area contributed by atoms with Crippen molar-refractivity contribution in [2.24, 2.45) is 0 Å². The molecule has 0 spiro atoms. The molecule has 0 radical (unpaired) electrons. The zero-order valence-corrected chi connectivity index (χ0v) is 15.4. The van der Waals surface area contributed by atoms with Gasteiger partial charge in [0.1, 0.15) is 23.9 Å². The van der Waals surface area contributed by atoms with Gasteiger partial charge in [0, 0.05) is 6.42 Å². The lowest BCUT2D eigenvalue weighted by molar-refractivity contribution is -0.134. The fraction of sp³-hybridized carbons (Fsp3) is 0.381. The van der Waals surface area contributed by atoms with E-state index in [1.165, 1.54) is 5.56 Å². The molecule has 0 heterocycles. The number of hydrogen-bond donors (Lipinski definition) is 0. The number of carbonyl (C=O) groups is 1. The molecule has 0 aliphatic rings. The standard InChI is InChI=1S/C21H26O4/c1-5-16-13-15(4)11-12-18(16)24-14-17-19(23-7-3)9-8-10-20(17)25-21(22)6-2/h8-13H,5-7,14H2,1-4H3. The van der Waals surface area contributed by atoms with Crippen molar-refractivity contribution in [1.29, 1.82) is 0 Å². The topological polar surface area (TPSA) is 44.8 Å². The third kappa shape index (κ3) is 4.99. The van der Waals surface area contributed by atoms with E-state index in [0.717, 1.165) is 23.3 Å². The number of esters is 1. The van der Waals surface area contributed by atoms with E-state index in [2.05, 4.69) is 19.9 Å². The minimum absolute atomic E-state index is 0.276. The van der Waals surface area contributed by atoms with Gasteiger partial charge in [0.15, 0.2) is 0 Å². The Kier molecular flexibility index (Phi) is 6.87. The molecule has 0 saturated carbocycles. The molecule has 0 bridgehead atoms. The highest BCUT2D eigenvalue weighted by Crippen LogP contribution is 2.31. The van der Waals surface area contributed by atoms with Crippen LogP contribution in [0.4, 0.5) is 0 Å². The van der Waals surface area contributed by atoms with Crippen LogP contribution in [0.25, 0.3) is 0 Å². The van der Waals surface area contributed by atoms with Gasteiger partial charge in [-0.2, -0.15) is 0 Å². The van der Waals surface area contributed by atoms with E-state index in [9.17, 15) is 4.79 Å². The molecular weight excluding hydrogens is 316 g/mol. The van der Waals surface area contributed by atoms with E-state index in [0.29, 0.717) is 24.5 Å². The van der Waals surface area contributed by atoms with Crippen LogP contribution in [0.2, 0.25) is 0 Å². The molecule has 2 aromatic rings. The number of rotatable bonds is 8. The Hall–Kier alpha value is -2.49. The summed E-state index contributed by atoms with van der Waals surface area (Å²) in [5.41, 5.74) is 3.10. The first-order valence-electron chi connectivity index (χ1n) is 8.76. The maximum Gasteiger partial charge on any atom is 0.310 e. The van der Waals surface area contributed by atoms with E-state index in [-0.39, 0.29) is 12.6 Å². The predicted octanol–water partition coefficient (Wildman–Crippen LogP) is 4.85. The lowest BCUT2D eigenvalue weighted by Crippen LogP contribution is -2.10. The summed E-state index contributed by atoms with van der Waals surface area (Å²) in [5, 5.41) is 0. The average Bonchev–Trinajstić information content (AvgIpc) is 2.62. The Morgan fingerprint density at radius 1 is 0.960 bits per heavy atom. The SMILES string of the molecule is CCOc1cccc(OC(=O)CC)c1COc1ccc(C)cc1CC. The van der Waals surface area contributed by atoms with E-state index in [4.69, 9.17) is 14.2 Å². The zero-order valence-electron chi connectivity index (χ0n) is 15.4. The third-order valence-corrected chi connectivity index (χ3v) is 3.87.